The second-order valence-electron chi connectivity index (χ2n) is 3.35. The molecule has 0 amide bonds. The smallest absolute Gasteiger partial charge is 0.421 e. The zero-order valence-corrected chi connectivity index (χ0v) is 8.78. The maximum atomic E-state index is 12.9. The molecule has 1 unspecified atom stereocenters. The van der Waals surface area contributed by atoms with Gasteiger partial charge in [-0.1, -0.05) is 12.1 Å². The number of hydrogen-bond acceptors (Lipinski definition) is 4. The van der Waals surface area contributed by atoms with E-state index in [2.05, 4.69) is 4.74 Å². The monoisotopic (exact) mass is 249 g/mol. The zero-order chi connectivity index (χ0) is 13.3. The molecule has 0 saturated carbocycles. The van der Waals surface area contributed by atoms with Gasteiger partial charge in [-0.2, -0.15) is 13.2 Å². The second-order valence-corrected chi connectivity index (χ2v) is 3.35. The molecule has 0 spiro atoms. The standard InChI is InChI=1S/C10H10F3NO3/c1-17-8(16)9(14,10(11,12)13)6-3-2-4-7(15)5-6/h2-5,15H,14H2,1H3. The van der Waals surface area contributed by atoms with Crippen LogP contribution < -0.4 is 5.73 Å². The molecule has 1 rings (SSSR count). The van der Waals surface area contributed by atoms with E-state index in [4.69, 9.17) is 10.8 Å². The van der Waals surface area contributed by atoms with Crippen molar-refractivity contribution in [1.29, 1.82) is 0 Å². The Hall–Kier alpha value is -1.76. The molecule has 0 saturated heterocycles. The minimum absolute atomic E-state index is 0.425. The molecule has 4 nitrogen and oxygen atoms in total. The lowest BCUT2D eigenvalue weighted by atomic mass is 9.90. The molecule has 0 aromatic heterocycles. The molecule has 0 fully saturated rings. The number of esters is 1. The lowest BCUT2D eigenvalue weighted by Gasteiger charge is -2.29. The van der Waals surface area contributed by atoms with E-state index >= 15 is 0 Å². The number of carbonyl (C=O) groups is 1. The summed E-state index contributed by atoms with van der Waals surface area (Å²) >= 11 is 0. The fourth-order valence-corrected chi connectivity index (χ4v) is 1.31. The highest BCUT2D eigenvalue weighted by Crippen LogP contribution is 2.38. The van der Waals surface area contributed by atoms with Crippen molar-refractivity contribution in [2.24, 2.45) is 5.73 Å². The molecule has 1 atom stereocenters. The van der Waals surface area contributed by atoms with Gasteiger partial charge in [0.25, 0.3) is 0 Å². The molecule has 3 N–H and O–H groups in total. The number of phenolic OH excluding ortho intramolecular Hbond substituents is 1. The van der Waals surface area contributed by atoms with E-state index in [1.54, 1.807) is 0 Å². The van der Waals surface area contributed by atoms with Gasteiger partial charge in [-0.15, -0.1) is 0 Å². The van der Waals surface area contributed by atoms with Gasteiger partial charge < -0.3 is 15.6 Å². The maximum absolute atomic E-state index is 12.9. The molecule has 1 aromatic carbocycles. The number of benzene rings is 1. The first-order valence-corrected chi connectivity index (χ1v) is 4.47. The summed E-state index contributed by atoms with van der Waals surface area (Å²) in [6.07, 6.45) is -5.03. The van der Waals surface area contributed by atoms with Crippen LogP contribution in [0.15, 0.2) is 24.3 Å². The average Bonchev–Trinajstić information content (AvgIpc) is 2.25. The third-order valence-electron chi connectivity index (χ3n) is 2.26. The van der Waals surface area contributed by atoms with Gasteiger partial charge in [0.2, 0.25) is 5.54 Å². The summed E-state index contributed by atoms with van der Waals surface area (Å²) in [6, 6.07) is 4.08. The Morgan fingerprint density at radius 1 is 1.41 bits per heavy atom. The van der Waals surface area contributed by atoms with E-state index in [-0.39, 0.29) is 0 Å². The Bertz CT molecular complexity index is 433. The third-order valence-corrected chi connectivity index (χ3v) is 2.26. The number of halogens is 3. The van der Waals surface area contributed by atoms with Crippen LogP contribution in [0, 0.1) is 0 Å². The van der Waals surface area contributed by atoms with Crippen LogP contribution in [0.3, 0.4) is 0 Å². The molecule has 0 aliphatic carbocycles. The van der Waals surface area contributed by atoms with Crippen molar-refractivity contribution in [1.82, 2.24) is 0 Å². The summed E-state index contributed by atoms with van der Waals surface area (Å²) in [5.74, 6) is -2.07. The Kier molecular flexibility index (Phi) is 3.33. The van der Waals surface area contributed by atoms with Gasteiger partial charge in [0.1, 0.15) is 5.75 Å². The van der Waals surface area contributed by atoms with Crippen LogP contribution in [0.1, 0.15) is 5.56 Å². The van der Waals surface area contributed by atoms with Crippen LogP contribution in [-0.4, -0.2) is 24.4 Å². The highest BCUT2D eigenvalue weighted by Gasteiger charge is 2.60. The first kappa shape index (κ1) is 13.3. The molecule has 94 valence electrons. The van der Waals surface area contributed by atoms with Crippen LogP contribution in [0.4, 0.5) is 13.2 Å². The number of phenols is 1. The van der Waals surface area contributed by atoms with Crippen molar-refractivity contribution in [2.45, 2.75) is 11.7 Å². The highest BCUT2D eigenvalue weighted by atomic mass is 19.4. The molecule has 1 aromatic rings. The number of ether oxygens (including phenoxy) is 1. The molecule has 0 aliphatic rings. The van der Waals surface area contributed by atoms with Crippen molar-refractivity contribution < 1.29 is 27.8 Å². The van der Waals surface area contributed by atoms with Gasteiger partial charge in [0.15, 0.2) is 0 Å². The quantitative estimate of drug-likeness (QED) is 0.774. The minimum atomic E-state index is -5.03. The van der Waals surface area contributed by atoms with Gasteiger partial charge >= 0.3 is 12.1 Å². The van der Waals surface area contributed by atoms with E-state index in [1.807, 2.05) is 0 Å². The first-order chi connectivity index (χ1) is 7.73. The number of nitrogens with two attached hydrogens (primary N) is 1. The maximum Gasteiger partial charge on any atom is 0.421 e. The van der Waals surface area contributed by atoms with Crippen LogP contribution in [0.2, 0.25) is 0 Å². The third kappa shape index (κ3) is 2.19. The normalized spacial score (nSPS) is 15.1. The van der Waals surface area contributed by atoms with Crippen molar-refractivity contribution in [3.63, 3.8) is 0 Å². The Morgan fingerprint density at radius 2 is 2.00 bits per heavy atom. The number of alkyl halides is 3. The van der Waals surface area contributed by atoms with Gasteiger partial charge in [0, 0.05) is 0 Å². The number of aromatic hydroxyl groups is 1. The summed E-state index contributed by atoms with van der Waals surface area (Å²) < 4.78 is 42.6. The SMILES string of the molecule is COC(=O)C(N)(c1cccc(O)c1)C(F)(F)F. The number of hydrogen-bond donors (Lipinski definition) is 2. The molecule has 0 bridgehead atoms. The topological polar surface area (TPSA) is 72.5 Å². The van der Waals surface area contributed by atoms with E-state index in [0.717, 1.165) is 31.4 Å². The van der Waals surface area contributed by atoms with E-state index in [0.29, 0.717) is 0 Å². The molecule has 0 aliphatic heterocycles. The summed E-state index contributed by atoms with van der Waals surface area (Å²) in [5.41, 5.74) is 1.23. The van der Waals surface area contributed by atoms with E-state index < -0.39 is 29.0 Å². The lowest BCUT2D eigenvalue weighted by molar-refractivity contribution is -0.206. The predicted octanol–water partition coefficient (Wildman–Crippen LogP) is 1.28. The summed E-state index contributed by atoms with van der Waals surface area (Å²) in [5, 5.41) is 9.12. The summed E-state index contributed by atoms with van der Waals surface area (Å²) in [4.78, 5) is 11.2. The van der Waals surface area contributed by atoms with Crippen molar-refractivity contribution in [3.05, 3.63) is 29.8 Å². The average molecular weight is 249 g/mol. The van der Waals surface area contributed by atoms with Gasteiger partial charge in [-0.25, -0.2) is 4.79 Å². The van der Waals surface area contributed by atoms with Gasteiger partial charge in [0.05, 0.1) is 7.11 Å². The van der Waals surface area contributed by atoms with Crippen LogP contribution in [0.25, 0.3) is 0 Å². The molecular formula is C10H10F3NO3. The summed E-state index contributed by atoms with van der Waals surface area (Å²) in [6.45, 7) is 0. The van der Waals surface area contributed by atoms with Crippen LogP contribution >= 0.6 is 0 Å². The number of carbonyl (C=O) groups excluding carboxylic acids is 1. The summed E-state index contributed by atoms with van der Waals surface area (Å²) in [7, 11) is 0.804. The lowest BCUT2D eigenvalue weighted by Crippen LogP contribution is -2.57. The van der Waals surface area contributed by atoms with Gasteiger partial charge in [-0.3, -0.25) is 0 Å². The number of methoxy groups -OCH3 is 1. The minimum Gasteiger partial charge on any atom is -0.508 e. The molecule has 0 heterocycles. The predicted molar refractivity (Wildman–Crippen MR) is 52.0 cm³/mol. The first-order valence-electron chi connectivity index (χ1n) is 4.47. The molecule has 17 heavy (non-hydrogen) atoms. The molecular weight excluding hydrogens is 239 g/mol. The zero-order valence-electron chi connectivity index (χ0n) is 8.78. The van der Waals surface area contributed by atoms with E-state index in [1.165, 1.54) is 0 Å². The fraction of sp³-hybridized carbons (Fsp3) is 0.300. The Morgan fingerprint density at radius 3 is 2.41 bits per heavy atom. The van der Waals surface area contributed by atoms with Crippen molar-refractivity contribution in [2.75, 3.05) is 7.11 Å². The van der Waals surface area contributed by atoms with Gasteiger partial charge in [-0.05, 0) is 17.7 Å². The Labute approximate surface area is 94.8 Å². The van der Waals surface area contributed by atoms with Crippen LogP contribution in [-0.2, 0) is 15.1 Å². The molecule has 7 heteroatoms. The largest absolute Gasteiger partial charge is 0.508 e. The highest BCUT2D eigenvalue weighted by molar-refractivity contribution is 5.83. The second kappa shape index (κ2) is 4.25. The Balaban J connectivity index is 3.40. The molecule has 0 radical (unpaired) electrons. The fourth-order valence-electron chi connectivity index (χ4n) is 1.31. The van der Waals surface area contributed by atoms with Crippen LogP contribution in [0.5, 0.6) is 5.75 Å². The number of rotatable bonds is 2. The van der Waals surface area contributed by atoms with E-state index in [9.17, 15) is 18.0 Å². The van der Waals surface area contributed by atoms with Crippen molar-refractivity contribution in [3.8, 4) is 5.75 Å². The van der Waals surface area contributed by atoms with Crippen molar-refractivity contribution >= 4 is 5.97 Å².